The van der Waals surface area contributed by atoms with E-state index in [0.717, 1.165) is 30.6 Å². The summed E-state index contributed by atoms with van der Waals surface area (Å²) in [5.74, 6) is 0.906. The van der Waals surface area contributed by atoms with Crippen LogP contribution < -0.4 is 4.74 Å². The lowest BCUT2D eigenvalue weighted by molar-refractivity contribution is -0.132. The number of hydrogen-bond donors (Lipinski definition) is 1. The summed E-state index contributed by atoms with van der Waals surface area (Å²) in [6, 6.07) is 14.7. The van der Waals surface area contributed by atoms with Crippen LogP contribution in [-0.2, 0) is 22.5 Å². The van der Waals surface area contributed by atoms with Gasteiger partial charge >= 0.3 is 0 Å². The van der Waals surface area contributed by atoms with Crippen molar-refractivity contribution in [3.63, 3.8) is 0 Å². The van der Waals surface area contributed by atoms with E-state index in [0.29, 0.717) is 18.8 Å². The van der Waals surface area contributed by atoms with Crippen LogP contribution >= 0.6 is 0 Å². The summed E-state index contributed by atoms with van der Waals surface area (Å²) in [7, 11) is 1.61. The van der Waals surface area contributed by atoms with Crippen LogP contribution in [0.5, 0.6) is 11.5 Å². The summed E-state index contributed by atoms with van der Waals surface area (Å²) in [6.45, 7) is 1.64. The number of phenolic OH excluding ortho intramolecular Hbond substituents is 1. The monoisotopic (exact) mass is 355 g/mol. The van der Waals surface area contributed by atoms with Crippen LogP contribution in [0.25, 0.3) is 0 Å². The molecule has 0 spiro atoms. The molecule has 0 radical (unpaired) electrons. The van der Waals surface area contributed by atoms with Crippen LogP contribution in [0.1, 0.15) is 24.0 Å². The first-order valence-electron chi connectivity index (χ1n) is 8.95. The maximum Gasteiger partial charge on any atom is 0.227 e. The smallest absolute Gasteiger partial charge is 0.227 e. The van der Waals surface area contributed by atoms with Gasteiger partial charge in [0.05, 0.1) is 19.6 Å². The number of rotatable bonds is 7. The number of para-hydroxylation sites is 2. The highest BCUT2D eigenvalue weighted by Crippen LogP contribution is 2.23. The van der Waals surface area contributed by atoms with E-state index in [2.05, 4.69) is 0 Å². The number of hydrogen-bond acceptors (Lipinski definition) is 4. The Morgan fingerprint density at radius 3 is 2.62 bits per heavy atom. The van der Waals surface area contributed by atoms with Crippen molar-refractivity contribution in [2.75, 3.05) is 20.3 Å². The Labute approximate surface area is 154 Å². The second kappa shape index (κ2) is 8.72. The van der Waals surface area contributed by atoms with Gasteiger partial charge in [0, 0.05) is 30.8 Å². The van der Waals surface area contributed by atoms with Crippen molar-refractivity contribution in [3.8, 4) is 11.5 Å². The van der Waals surface area contributed by atoms with Crippen LogP contribution in [0, 0.1) is 0 Å². The van der Waals surface area contributed by atoms with E-state index in [-0.39, 0.29) is 24.2 Å². The van der Waals surface area contributed by atoms with Gasteiger partial charge in [-0.25, -0.2) is 0 Å². The summed E-state index contributed by atoms with van der Waals surface area (Å²) in [4.78, 5) is 14.8. The molecule has 1 amide bonds. The van der Waals surface area contributed by atoms with Gasteiger partial charge in [-0.3, -0.25) is 4.79 Å². The van der Waals surface area contributed by atoms with Crippen LogP contribution in [0.2, 0.25) is 0 Å². The maximum absolute atomic E-state index is 13.0. The van der Waals surface area contributed by atoms with Crippen molar-refractivity contribution in [2.45, 2.75) is 31.9 Å². The molecule has 1 aliphatic heterocycles. The van der Waals surface area contributed by atoms with Gasteiger partial charge < -0.3 is 19.5 Å². The quantitative estimate of drug-likeness (QED) is 0.829. The third-order valence-electron chi connectivity index (χ3n) is 4.69. The lowest BCUT2D eigenvalue weighted by atomic mass is 10.1. The van der Waals surface area contributed by atoms with E-state index in [9.17, 15) is 9.90 Å². The minimum absolute atomic E-state index is 0.00625. The number of ether oxygens (including phenoxy) is 2. The first-order valence-corrected chi connectivity index (χ1v) is 8.95. The first-order chi connectivity index (χ1) is 12.7. The van der Waals surface area contributed by atoms with Gasteiger partial charge in [0.15, 0.2) is 0 Å². The third kappa shape index (κ3) is 4.55. The summed E-state index contributed by atoms with van der Waals surface area (Å²) in [5.41, 5.74) is 1.59. The lowest BCUT2D eigenvalue weighted by Gasteiger charge is -2.26. The highest BCUT2D eigenvalue weighted by molar-refractivity contribution is 5.79. The molecular formula is C21H25NO4. The molecule has 2 aromatic carbocycles. The number of amides is 1. The molecule has 0 saturated carbocycles. The van der Waals surface area contributed by atoms with E-state index in [1.807, 2.05) is 36.4 Å². The Balaban J connectivity index is 1.77. The second-order valence-electron chi connectivity index (χ2n) is 6.53. The number of benzene rings is 2. The zero-order valence-corrected chi connectivity index (χ0v) is 15.1. The number of carbonyl (C=O) groups is 1. The first kappa shape index (κ1) is 18.3. The van der Waals surface area contributed by atoms with E-state index in [4.69, 9.17) is 9.47 Å². The Hall–Kier alpha value is -2.53. The Kier molecular flexibility index (Phi) is 6.12. The lowest BCUT2D eigenvalue weighted by Crippen LogP contribution is -2.37. The normalized spacial score (nSPS) is 16.4. The summed E-state index contributed by atoms with van der Waals surface area (Å²) in [6.07, 6.45) is 2.29. The number of aromatic hydroxyl groups is 1. The third-order valence-corrected chi connectivity index (χ3v) is 4.69. The number of methoxy groups -OCH3 is 1. The Morgan fingerprint density at radius 2 is 1.92 bits per heavy atom. The minimum Gasteiger partial charge on any atom is -0.508 e. The molecule has 1 heterocycles. The molecule has 1 atom stereocenters. The molecule has 138 valence electrons. The number of phenols is 1. The predicted molar refractivity (Wildman–Crippen MR) is 99.2 cm³/mol. The SMILES string of the molecule is COc1ccccc1CC(=O)N(Cc1ccccc1O)CC1CCCO1. The minimum atomic E-state index is -0.00625. The maximum atomic E-state index is 13.0. The summed E-state index contributed by atoms with van der Waals surface area (Å²) in [5, 5.41) is 10.1. The zero-order chi connectivity index (χ0) is 18.4. The fourth-order valence-electron chi connectivity index (χ4n) is 3.26. The van der Waals surface area contributed by atoms with Crippen molar-refractivity contribution in [3.05, 3.63) is 59.7 Å². The van der Waals surface area contributed by atoms with Crippen LogP contribution in [-0.4, -0.2) is 42.3 Å². The van der Waals surface area contributed by atoms with E-state index in [1.54, 1.807) is 24.1 Å². The molecule has 2 aromatic rings. The van der Waals surface area contributed by atoms with Crippen molar-refractivity contribution in [2.24, 2.45) is 0 Å². The fourth-order valence-corrected chi connectivity index (χ4v) is 3.26. The van der Waals surface area contributed by atoms with Crippen LogP contribution in [0.3, 0.4) is 0 Å². The molecular weight excluding hydrogens is 330 g/mol. The van der Waals surface area contributed by atoms with Gasteiger partial charge in [-0.1, -0.05) is 36.4 Å². The molecule has 1 aliphatic rings. The van der Waals surface area contributed by atoms with Crippen molar-refractivity contribution in [1.82, 2.24) is 4.90 Å². The van der Waals surface area contributed by atoms with E-state index < -0.39 is 0 Å². The van der Waals surface area contributed by atoms with Gasteiger partial charge in [0.1, 0.15) is 11.5 Å². The van der Waals surface area contributed by atoms with Crippen molar-refractivity contribution in [1.29, 1.82) is 0 Å². The van der Waals surface area contributed by atoms with Gasteiger partial charge in [-0.2, -0.15) is 0 Å². The molecule has 1 N–H and O–H groups in total. The molecule has 0 bridgehead atoms. The second-order valence-corrected chi connectivity index (χ2v) is 6.53. The summed E-state index contributed by atoms with van der Waals surface area (Å²) >= 11 is 0. The van der Waals surface area contributed by atoms with Gasteiger partial charge in [-0.15, -0.1) is 0 Å². The topological polar surface area (TPSA) is 59.0 Å². The standard InChI is InChI=1S/C21H25NO4/c1-25-20-11-5-3-7-16(20)13-21(24)22(15-18-9-6-12-26-18)14-17-8-2-4-10-19(17)23/h2-5,7-8,10-11,18,23H,6,9,12-15H2,1H3. The molecule has 0 aromatic heterocycles. The molecule has 26 heavy (non-hydrogen) atoms. The van der Waals surface area contributed by atoms with E-state index in [1.165, 1.54) is 0 Å². The highest BCUT2D eigenvalue weighted by atomic mass is 16.5. The van der Waals surface area contributed by atoms with Gasteiger partial charge in [-0.05, 0) is 25.0 Å². The fraction of sp³-hybridized carbons (Fsp3) is 0.381. The summed E-state index contributed by atoms with van der Waals surface area (Å²) < 4.78 is 11.1. The average molecular weight is 355 g/mol. The highest BCUT2D eigenvalue weighted by Gasteiger charge is 2.24. The van der Waals surface area contributed by atoms with Gasteiger partial charge in [0.2, 0.25) is 5.91 Å². The number of carbonyl (C=O) groups excluding carboxylic acids is 1. The molecule has 1 fully saturated rings. The molecule has 5 heteroatoms. The largest absolute Gasteiger partial charge is 0.508 e. The predicted octanol–water partition coefficient (Wildman–Crippen LogP) is 3.15. The molecule has 0 aliphatic carbocycles. The molecule has 3 rings (SSSR count). The van der Waals surface area contributed by atoms with Crippen LogP contribution in [0.15, 0.2) is 48.5 Å². The molecule has 1 unspecified atom stereocenters. The zero-order valence-electron chi connectivity index (χ0n) is 15.1. The molecule has 5 nitrogen and oxygen atoms in total. The Morgan fingerprint density at radius 1 is 1.19 bits per heavy atom. The molecule has 1 saturated heterocycles. The van der Waals surface area contributed by atoms with E-state index >= 15 is 0 Å². The van der Waals surface area contributed by atoms with Crippen molar-refractivity contribution >= 4 is 5.91 Å². The van der Waals surface area contributed by atoms with Crippen molar-refractivity contribution < 1.29 is 19.4 Å². The van der Waals surface area contributed by atoms with Gasteiger partial charge in [0.25, 0.3) is 0 Å². The number of nitrogens with zero attached hydrogens (tertiary/aromatic N) is 1. The Bertz CT molecular complexity index is 740. The average Bonchev–Trinajstić information content (AvgIpc) is 3.16. The van der Waals surface area contributed by atoms with Crippen LogP contribution in [0.4, 0.5) is 0 Å².